The van der Waals surface area contributed by atoms with Crippen LogP contribution in [0.3, 0.4) is 0 Å². The summed E-state index contributed by atoms with van der Waals surface area (Å²) in [4.78, 5) is 28.0. The third-order valence-corrected chi connectivity index (χ3v) is 13.1. The van der Waals surface area contributed by atoms with Crippen molar-refractivity contribution in [3.63, 3.8) is 0 Å². The average Bonchev–Trinajstić information content (AvgIpc) is 3.17. The summed E-state index contributed by atoms with van der Waals surface area (Å²) in [6.45, 7) is 6.04. The van der Waals surface area contributed by atoms with E-state index in [1.807, 2.05) is 35.1 Å². The zero-order valence-corrected chi connectivity index (χ0v) is 38.2. The van der Waals surface area contributed by atoms with Crippen LogP contribution >= 0.6 is 21.6 Å². The smallest absolute Gasteiger partial charge is 0.314 e. The third kappa shape index (κ3) is 34.6. The Hall–Kier alpha value is -1.18. The van der Waals surface area contributed by atoms with Crippen molar-refractivity contribution in [1.82, 2.24) is 4.90 Å². The summed E-state index contributed by atoms with van der Waals surface area (Å²) in [7, 11) is 7.70. The number of esters is 2. The van der Waals surface area contributed by atoms with Crippen LogP contribution in [-0.2, 0) is 20.7 Å². The number of carbonyl (C=O) groups excluding carboxylic acids is 2. The molecule has 0 heterocycles. The summed E-state index contributed by atoms with van der Waals surface area (Å²) < 4.78 is 11.4. The van der Waals surface area contributed by atoms with Crippen molar-refractivity contribution in [2.45, 2.75) is 213 Å². The van der Waals surface area contributed by atoms with Crippen molar-refractivity contribution >= 4 is 33.5 Å². The fourth-order valence-corrected chi connectivity index (χ4v) is 9.13. The first-order valence-electron chi connectivity index (χ1n) is 23.3. The van der Waals surface area contributed by atoms with Crippen molar-refractivity contribution in [2.75, 3.05) is 38.8 Å². The van der Waals surface area contributed by atoms with Crippen LogP contribution in [-0.4, -0.2) is 55.6 Å². The molecular weight excluding hydrogens is 719 g/mol. The summed E-state index contributed by atoms with van der Waals surface area (Å²) in [5, 5.41) is 0. The van der Waals surface area contributed by atoms with Crippen LogP contribution in [0, 0.1) is 5.92 Å². The number of hydrogen-bond acceptors (Lipinski definition) is 7. The van der Waals surface area contributed by atoms with Gasteiger partial charge in [0.2, 0.25) is 0 Å². The second-order valence-electron chi connectivity index (χ2n) is 16.4. The molecule has 7 heteroatoms. The van der Waals surface area contributed by atoms with E-state index in [-0.39, 0.29) is 24.3 Å². The number of carbonyl (C=O) groups is 2. The Morgan fingerprint density at radius 3 is 1.33 bits per heavy atom. The summed E-state index contributed by atoms with van der Waals surface area (Å²) in [6.07, 6.45) is 39.7. The van der Waals surface area contributed by atoms with Gasteiger partial charge in [0.05, 0.1) is 12.3 Å². The zero-order chi connectivity index (χ0) is 39.9. The van der Waals surface area contributed by atoms with E-state index < -0.39 is 0 Å². The van der Waals surface area contributed by atoms with Gasteiger partial charge in [-0.25, -0.2) is 0 Å². The lowest BCUT2D eigenvalue weighted by molar-refractivity contribution is -0.142. The fourth-order valence-electron chi connectivity index (χ4n) is 7.17. The standard InChI is InChI=1S/C48H87NO4S2/c1-5-7-9-11-13-15-17-19-21-23-25-27-29-31-33-45(34-32-30-28-26-24-22-20-18-16-14-12-10-8-6-2)48(51)53-46-37-35-44(36-38-46)43-47(50)52-40-42-55-54-41-39-49(3)4/h35-38,45H,5-34,39-43H2,1-4H3. The topological polar surface area (TPSA) is 55.8 Å². The number of ether oxygens (including phenoxy) is 2. The van der Waals surface area contributed by atoms with Crippen molar-refractivity contribution in [2.24, 2.45) is 5.92 Å². The predicted molar refractivity (Wildman–Crippen MR) is 244 cm³/mol. The molecule has 5 nitrogen and oxygen atoms in total. The van der Waals surface area contributed by atoms with E-state index in [1.165, 1.54) is 167 Å². The van der Waals surface area contributed by atoms with Crippen LogP contribution < -0.4 is 4.74 Å². The van der Waals surface area contributed by atoms with E-state index in [9.17, 15) is 9.59 Å². The van der Waals surface area contributed by atoms with E-state index in [0.29, 0.717) is 12.4 Å². The van der Waals surface area contributed by atoms with Crippen LogP contribution in [0.1, 0.15) is 212 Å². The van der Waals surface area contributed by atoms with Gasteiger partial charge in [0, 0.05) is 18.1 Å². The lowest BCUT2D eigenvalue weighted by Gasteiger charge is -2.16. The van der Waals surface area contributed by atoms with E-state index in [4.69, 9.17) is 9.47 Å². The minimum atomic E-state index is -0.218. The van der Waals surface area contributed by atoms with Crippen LogP contribution in [0.2, 0.25) is 0 Å². The Kier molecular flexibility index (Phi) is 37.4. The highest BCUT2D eigenvalue weighted by atomic mass is 33.1. The van der Waals surface area contributed by atoms with E-state index >= 15 is 0 Å². The van der Waals surface area contributed by atoms with Crippen molar-refractivity contribution < 1.29 is 19.1 Å². The second-order valence-corrected chi connectivity index (χ2v) is 19.1. The molecule has 55 heavy (non-hydrogen) atoms. The maximum absolute atomic E-state index is 13.4. The highest BCUT2D eigenvalue weighted by Gasteiger charge is 2.20. The highest BCUT2D eigenvalue weighted by molar-refractivity contribution is 8.76. The minimum Gasteiger partial charge on any atom is -0.465 e. The molecule has 0 fully saturated rings. The molecule has 0 unspecified atom stereocenters. The zero-order valence-electron chi connectivity index (χ0n) is 36.5. The molecule has 0 bridgehead atoms. The molecule has 0 saturated carbocycles. The maximum atomic E-state index is 13.4. The first-order chi connectivity index (χ1) is 27.0. The molecule has 0 N–H and O–H groups in total. The van der Waals surface area contributed by atoms with Gasteiger partial charge >= 0.3 is 11.9 Å². The van der Waals surface area contributed by atoms with Crippen molar-refractivity contribution in [3.8, 4) is 5.75 Å². The Labute approximate surface area is 349 Å². The summed E-state index contributed by atoms with van der Waals surface area (Å²) in [5.74, 6) is 2.08. The van der Waals surface area contributed by atoms with Gasteiger partial charge in [0.15, 0.2) is 0 Å². The molecule has 0 atom stereocenters. The fraction of sp³-hybridized carbons (Fsp3) is 0.833. The Bertz CT molecular complexity index is 957. The summed E-state index contributed by atoms with van der Waals surface area (Å²) in [6, 6.07) is 7.42. The quantitative estimate of drug-likeness (QED) is 0.0283. The van der Waals surface area contributed by atoms with Gasteiger partial charge in [-0.1, -0.05) is 227 Å². The van der Waals surface area contributed by atoms with Gasteiger partial charge < -0.3 is 14.4 Å². The number of unbranched alkanes of at least 4 members (excludes halogenated alkanes) is 26. The lowest BCUT2D eigenvalue weighted by Crippen LogP contribution is -2.21. The lowest BCUT2D eigenvalue weighted by atomic mass is 9.94. The Balaban J connectivity index is 2.38. The number of nitrogens with zero attached hydrogens (tertiary/aromatic N) is 1. The maximum Gasteiger partial charge on any atom is 0.314 e. The highest BCUT2D eigenvalue weighted by Crippen LogP contribution is 2.24. The molecule has 320 valence electrons. The molecule has 0 amide bonds. The van der Waals surface area contributed by atoms with E-state index in [2.05, 4.69) is 32.8 Å². The predicted octanol–water partition coefficient (Wildman–Crippen LogP) is 15.0. The largest absolute Gasteiger partial charge is 0.465 e. The van der Waals surface area contributed by atoms with Gasteiger partial charge in [-0.2, -0.15) is 0 Å². The molecule has 0 aliphatic rings. The normalized spacial score (nSPS) is 11.5. The summed E-state index contributed by atoms with van der Waals surface area (Å²) >= 11 is 0. The number of benzene rings is 1. The van der Waals surface area contributed by atoms with E-state index in [1.54, 1.807) is 10.8 Å². The van der Waals surface area contributed by atoms with Crippen molar-refractivity contribution in [3.05, 3.63) is 29.8 Å². The SMILES string of the molecule is CCCCCCCCCCCCCCCCC(CCCCCCCCCCCCCCCC)C(=O)Oc1ccc(CC(=O)OCCSSCCN(C)C)cc1. The third-order valence-electron chi connectivity index (χ3n) is 10.8. The van der Waals surface area contributed by atoms with Crippen LogP contribution in [0.5, 0.6) is 5.75 Å². The van der Waals surface area contributed by atoms with Gasteiger partial charge in [0.25, 0.3) is 0 Å². The van der Waals surface area contributed by atoms with Crippen LogP contribution in [0.15, 0.2) is 24.3 Å². The van der Waals surface area contributed by atoms with Gasteiger partial charge in [0.1, 0.15) is 12.4 Å². The molecule has 0 saturated heterocycles. The van der Waals surface area contributed by atoms with Crippen LogP contribution in [0.4, 0.5) is 0 Å². The first kappa shape index (κ1) is 51.8. The molecule has 1 aromatic rings. The first-order valence-corrected chi connectivity index (χ1v) is 25.8. The average molecular weight is 806 g/mol. The molecule has 1 rings (SSSR count). The number of hydrogen-bond donors (Lipinski definition) is 0. The second kappa shape index (κ2) is 39.6. The van der Waals surface area contributed by atoms with Gasteiger partial charge in [-0.05, 0) is 44.6 Å². The van der Waals surface area contributed by atoms with Gasteiger partial charge in [-0.15, -0.1) is 0 Å². The molecular formula is C48H87NO4S2. The molecule has 0 aromatic heterocycles. The van der Waals surface area contributed by atoms with Gasteiger partial charge in [-0.3, -0.25) is 9.59 Å². The van der Waals surface area contributed by atoms with Crippen molar-refractivity contribution in [1.29, 1.82) is 0 Å². The monoisotopic (exact) mass is 806 g/mol. The molecule has 0 radical (unpaired) electrons. The molecule has 0 aliphatic heterocycles. The summed E-state index contributed by atoms with van der Waals surface area (Å²) in [5.41, 5.74) is 0.874. The van der Waals surface area contributed by atoms with E-state index in [0.717, 1.165) is 49.3 Å². The van der Waals surface area contributed by atoms with Crippen LogP contribution in [0.25, 0.3) is 0 Å². The number of rotatable bonds is 41. The molecule has 0 spiro atoms. The molecule has 1 aromatic carbocycles. The molecule has 0 aliphatic carbocycles. The Morgan fingerprint density at radius 1 is 0.545 bits per heavy atom. The Morgan fingerprint density at radius 2 is 0.927 bits per heavy atom. The minimum absolute atomic E-state index is 0.0387.